The second-order valence-electron chi connectivity index (χ2n) is 4.21. The molecule has 5 heteroatoms. The Morgan fingerprint density at radius 2 is 2.05 bits per heavy atom. The van der Waals surface area contributed by atoms with Gasteiger partial charge in [0.1, 0.15) is 5.69 Å². The van der Waals surface area contributed by atoms with Crippen molar-refractivity contribution in [2.45, 2.75) is 13.3 Å². The summed E-state index contributed by atoms with van der Waals surface area (Å²) in [6, 6.07) is 9.92. The number of hydrogen-bond donors (Lipinski definition) is 2. The minimum absolute atomic E-state index is 0.0774. The van der Waals surface area contributed by atoms with Crippen molar-refractivity contribution in [1.82, 2.24) is 4.98 Å². The van der Waals surface area contributed by atoms with Crippen molar-refractivity contribution >= 4 is 17.6 Å². The van der Waals surface area contributed by atoms with Gasteiger partial charge >= 0.3 is 5.97 Å². The summed E-state index contributed by atoms with van der Waals surface area (Å²) in [5.41, 5.74) is 1.49. The number of carbonyl (C=O) groups excluding carboxylic acids is 1. The van der Waals surface area contributed by atoms with E-state index in [1.807, 2.05) is 6.92 Å². The van der Waals surface area contributed by atoms with E-state index in [0.717, 1.165) is 12.0 Å². The Morgan fingerprint density at radius 1 is 1.25 bits per heavy atom. The minimum atomic E-state index is -1.07. The molecule has 1 aromatic heterocycles. The lowest BCUT2D eigenvalue weighted by Gasteiger charge is -2.09. The number of aryl methyl sites for hydroxylation is 1. The van der Waals surface area contributed by atoms with E-state index in [1.165, 1.54) is 6.20 Å². The molecule has 20 heavy (non-hydrogen) atoms. The molecule has 0 bridgehead atoms. The molecule has 1 amide bonds. The van der Waals surface area contributed by atoms with Crippen LogP contribution in [0.4, 0.5) is 5.69 Å². The Labute approximate surface area is 116 Å². The van der Waals surface area contributed by atoms with Crippen LogP contribution in [0.25, 0.3) is 0 Å². The van der Waals surface area contributed by atoms with E-state index >= 15 is 0 Å². The second-order valence-corrected chi connectivity index (χ2v) is 4.21. The number of carboxylic acids is 1. The number of carbonyl (C=O) groups is 2. The van der Waals surface area contributed by atoms with Gasteiger partial charge in [-0.25, -0.2) is 4.79 Å². The van der Waals surface area contributed by atoms with Crippen molar-refractivity contribution in [3.05, 3.63) is 59.4 Å². The quantitative estimate of drug-likeness (QED) is 0.895. The molecule has 0 spiro atoms. The van der Waals surface area contributed by atoms with Crippen molar-refractivity contribution in [3.8, 4) is 0 Å². The number of benzene rings is 1. The molecule has 2 N–H and O–H groups in total. The van der Waals surface area contributed by atoms with Crippen molar-refractivity contribution in [2.24, 2.45) is 0 Å². The Balaban J connectivity index is 2.29. The molecule has 0 aliphatic carbocycles. The number of aromatic carboxylic acids is 1. The van der Waals surface area contributed by atoms with E-state index in [4.69, 9.17) is 0 Å². The Bertz CT molecular complexity index is 639. The first-order valence-electron chi connectivity index (χ1n) is 6.20. The fourth-order valence-electron chi connectivity index (χ4n) is 1.78. The number of nitrogens with zero attached hydrogens (tertiary/aromatic N) is 1. The van der Waals surface area contributed by atoms with Gasteiger partial charge < -0.3 is 10.4 Å². The van der Waals surface area contributed by atoms with Gasteiger partial charge in [-0.2, -0.15) is 0 Å². The smallest absolute Gasteiger partial charge is 0.337 e. The van der Waals surface area contributed by atoms with Gasteiger partial charge in [-0.15, -0.1) is 0 Å². The maximum atomic E-state index is 12.0. The first-order valence-corrected chi connectivity index (χ1v) is 6.20. The van der Waals surface area contributed by atoms with Crippen molar-refractivity contribution in [2.75, 3.05) is 5.32 Å². The first kappa shape index (κ1) is 13.7. The maximum absolute atomic E-state index is 12.0. The minimum Gasteiger partial charge on any atom is -0.478 e. The highest BCUT2D eigenvalue weighted by Crippen LogP contribution is 2.19. The molecule has 1 aromatic carbocycles. The SMILES string of the molecule is CCc1ccc(NC(=O)c2ccccn2)c(C(=O)O)c1. The molecule has 1 heterocycles. The van der Waals surface area contributed by atoms with E-state index in [1.54, 1.807) is 36.4 Å². The molecule has 5 nitrogen and oxygen atoms in total. The lowest BCUT2D eigenvalue weighted by atomic mass is 10.1. The zero-order chi connectivity index (χ0) is 14.5. The Morgan fingerprint density at radius 3 is 2.65 bits per heavy atom. The van der Waals surface area contributed by atoms with Crippen LogP contribution in [-0.4, -0.2) is 22.0 Å². The summed E-state index contributed by atoms with van der Waals surface area (Å²) in [6.07, 6.45) is 2.24. The van der Waals surface area contributed by atoms with Crippen LogP contribution in [0.15, 0.2) is 42.6 Å². The normalized spacial score (nSPS) is 10.1. The molecule has 0 radical (unpaired) electrons. The number of aromatic nitrogens is 1. The molecule has 2 rings (SSSR count). The molecular formula is C15H14N2O3. The number of amides is 1. The number of hydrogen-bond acceptors (Lipinski definition) is 3. The summed E-state index contributed by atoms with van der Waals surface area (Å²) in [4.78, 5) is 27.1. The van der Waals surface area contributed by atoms with Gasteiger partial charge in [0.05, 0.1) is 11.3 Å². The molecule has 0 saturated heterocycles. The first-order chi connectivity index (χ1) is 9.61. The molecular weight excluding hydrogens is 256 g/mol. The van der Waals surface area contributed by atoms with Gasteiger partial charge in [-0.3, -0.25) is 9.78 Å². The van der Waals surface area contributed by atoms with Crippen LogP contribution in [0, 0.1) is 0 Å². The zero-order valence-corrected chi connectivity index (χ0v) is 11.0. The Hall–Kier alpha value is -2.69. The summed E-state index contributed by atoms with van der Waals surface area (Å²) in [5.74, 6) is -1.51. The van der Waals surface area contributed by atoms with Crippen LogP contribution < -0.4 is 5.32 Å². The lowest BCUT2D eigenvalue weighted by molar-refractivity contribution is 0.0698. The summed E-state index contributed by atoms with van der Waals surface area (Å²) in [7, 11) is 0. The van der Waals surface area contributed by atoms with Crippen LogP contribution >= 0.6 is 0 Å². The number of rotatable bonds is 4. The third kappa shape index (κ3) is 3.00. The average molecular weight is 270 g/mol. The second kappa shape index (κ2) is 5.97. The molecule has 0 unspecified atom stereocenters. The molecule has 0 aliphatic heterocycles. The van der Waals surface area contributed by atoms with Crippen LogP contribution in [0.1, 0.15) is 33.3 Å². The third-order valence-electron chi connectivity index (χ3n) is 2.87. The van der Waals surface area contributed by atoms with Crippen LogP contribution in [0.2, 0.25) is 0 Å². The van der Waals surface area contributed by atoms with Gasteiger partial charge in [-0.1, -0.05) is 19.1 Å². The van der Waals surface area contributed by atoms with Gasteiger partial charge in [0.25, 0.3) is 5.91 Å². The molecule has 0 fully saturated rings. The lowest BCUT2D eigenvalue weighted by Crippen LogP contribution is -2.16. The largest absolute Gasteiger partial charge is 0.478 e. The zero-order valence-electron chi connectivity index (χ0n) is 11.0. The Kier molecular flexibility index (Phi) is 4.10. The monoisotopic (exact) mass is 270 g/mol. The summed E-state index contributed by atoms with van der Waals surface area (Å²) >= 11 is 0. The number of anilines is 1. The van der Waals surface area contributed by atoms with Crippen LogP contribution in [-0.2, 0) is 6.42 Å². The predicted molar refractivity (Wildman–Crippen MR) is 75.0 cm³/mol. The third-order valence-corrected chi connectivity index (χ3v) is 2.87. The standard InChI is InChI=1S/C15H14N2O3/c1-2-10-6-7-12(11(9-10)15(19)20)17-14(18)13-5-3-4-8-16-13/h3-9H,2H2,1H3,(H,17,18)(H,19,20). The summed E-state index contributed by atoms with van der Waals surface area (Å²) in [6.45, 7) is 1.94. The number of carboxylic acid groups (broad SMARTS) is 1. The highest BCUT2D eigenvalue weighted by molar-refractivity contribution is 6.06. The highest BCUT2D eigenvalue weighted by Gasteiger charge is 2.14. The number of nitrogens with one attached hydrogen (secondary N) is 1. The fourth-order valence-corrected chi connectivity index (χ4v) is 1.78. The molecule has 0 atom stereocenters. The van der Waals surface area contributed by atoms with Crippen molar-refractivity contribution in [3.63, 3.8) is 0 Å². The highest BCUT2D eigenvalue weighted by atomic mass is 16.4. The van der Waals surface area contributed by atoms with Crippen molar-refractivity contribution < 1.29 is 14.7 Å². The molecule has 0 aliphatic rings. The topological polar surface area (TPSA) is 79.3 Å². The molecule has 0 saturated carbocycles. The predicted octanol–water partition coefficient (Wildman–Crippen LogP) is 2.59. The van der Waals surface area contributed by atoms with E-state index < -0.39 is 11.9 Å². The van der Waals surface area contributed by atoms with Gasteiger partial charge in [0.15, 0.2) is 0 Å². The maximum Gasteiger partial charge on any atom is 0.337 e. The van der Waals surface area contributed by atoms with E-state index in [2.05, 4.69) is 10.3 Å². The average Bonchev–Trinajstić information content (AvgIpc) is 2.48. The summed E-state index contributed by atoms with van der Waals surface area (Å²) < 4.78 is 0. The fraction of sp³-hybridized carbons (Fsp3) is 0.133. The molecule has 102 valence electrons. The summed E-state index contributed by atoms with van der Waals surface area (Å²) in [5, 5.41) is 11.8. The van der Waals surface area contributed by atoms with Gasteiger partial charge in [0, 0.05) is 6.20 Å². The van der Waals surface area contributed by atoms with E-state index in [-0.39, 0.29) is 16.9 Å². The van der Waals surface area contributed by atoms with Gasteiger partial charge in [0.2, 0.25) is 0 Å². The van der Waals surface area contributed by atoms with Crippen molar-refractivity contribution in [1.29, 1.82) is 0 Å². The van der Waals surface area contributed by atoms with Crippen LogP contribution in [0.5, 0.6) is 0 Å². The van der Waals surface area contributed by atoms with Gasteiger partial charge in [-0.05, 0) is 36.2 Å². The molecule has 2 aromatic rings. The number of pyridine rings is 1. The van der Waals surface area contributed by atoms with E-state index in [0.29, 0.717) is 0 Å². The van der Waals surface area contributed by atoms with Crippen LogP contribution in [0.3, 0.4) is 0 Å². The van der Waals surface area contributed by atoms with E-state index in [9.17, 15) is 14.7 Å².